The van der Waals surface area contributed by atoms with Gasteiger partial charge in [0.05, 0.1) is 7.11 Å². The molecule has 1 aromatic rings. The van der Waals surface area contributed by atoms with Crippen LogP contribution in [0.1, 0.15) is 12.0 Å². The topological polar surface area (TPSA) is 38.3 Å². The number of fused-ring (bicyclic) bond motifs is 1. The lowest BCUT2D eigenvalue weighted by Crippen LogP contribution is -2.18. The molecule has 67 valence electrons. The Morgan fingerprint density at radius 3 is 3.08 bits per heavy atom. The van der Waals surface area contributed by atoms with Crippen molar-refractivity contribution >= 4 is 11.6 Å². The molecule has 0 aromatic heterocycles. The molecule has 0 bridgehead atoms. The van der Waals surface area contributed by atoms with Gasteiger partial charge < -0.3 is 10.1 Å². The summed E-state index contributed by atoms with van der Waals surface area (Å²) in [5, 5.41) is 2.79. The van der Waals surface area contributed by atoms with Gasteiger partial charge in [-0.05, 0) is 24.1 Å². The zero-order valence-electron chi connectivity index (χ0n) is 7.39. The van der Waals surface area contributed by atoms with Crippen molar-refractivity contribution in [2.24, 2.45) is 0 Å². The van der Waals surface area contributed by atoms with Crippen molar-refractivity contribution in [3.63, 3.8) is 0 Å². The van der Waals surface area contributed by atoms with Gasteiger partial charge in [-0.3, -0.25) is 4.79 Å². The third-order valence-electron chi connectivity index (χ3n) is 2.10. The minimum atomic E-state index is 0.0751. The number of hydrogen-bond acceptors (Lipinski definition) is 2. The minimum absolute atomic E-state index is 0.0751. The molecule has 0 fully saturated rings. The fourth-order valence-corrected chi connectivity index (χ4v) is 1.40. The van der Waals surface area contributed by atoms with Crippen molar-refractivity contribution in [2.75, 3.05) is 12.4 Å². The molecule has 1 aliphatic heterocycles. The summed E-state index contributed by atoms with van der Waals surface area (Å²) in [4.78, 5) is 11.0. The molecule has 1 aromatic carbocycles. The SMILES string of the molecule is COc1[c]c2c(cc1)NC(=O)CC2. The van der Waals surface area contributed by atoms with Gasteiger partial charge in [-0.2, -0.15) is 0 Å². The van der Waals surface area contributed by atoms with Gasteiger partial charge in [-0.25, -0.2) is 0 Å². The monoisotopic (exact) mass is 176 g/mol. The second-order valence-corrected chi connectivity index (χ2v) is 2.97. The van der Waals surface area contributed by atoms with Crippen LogP contribution in [0.5, 0.6) is 5.75 Å². The minimum Gasteiger partial charge on any atom is -0.496 e. The molecule has 0 unspecified atom stereocenters. The Bertz CT molecular complexity index is 347. The van der Waals surface area contributed by atoms with E-state index in [4.69, 9.17) is 4.74 Å². The van der Waals surface area contributed by atoms with Crippen molar-refractivity contribution in [3.8, 4) is 5.75 Å². The number of benzene rings is 1. The predicted octanol–water partition coefficient (Wildman–Crippen LogP) is 1.38. The Kier molecular flexibility index (Phi) is 1.93. The highest BCUT2D eigenvalue weighted by Gasteiger charge is 2.14. The maximum absolute atomic E-state index is 11.0. The van der Waals surface area contributed by atoms with E-state index < -0.39 is 0 Å². The summed E-state index contributed by atoms with van der Waals surface area (Å²) >= 11 is 0. The second-order valence-electron chi connectivity index (χ2n) is 2.97. The van der Waals surface area contributed by atoms with E-state index in [2.05, 4.69) is 11.4 Å². The first-order valence-electron chi connectivity index (χ1n) is 4.18. The average Bonchev–Trinajstić information content (AvgIpc) is 2.17. The quantitative estimate of drug-likeness (QED) is 0.702. The lowest BCUT2D eigenvalue weighted by molar-refractivity contribution is -0.116. The van der Waals surface area contributed by atoms with E-state index in [0.29, 0.717) is 6.42 Å². The van der Waals surface area contributed by atoms with Crippen LogP contribution in [0.2, 0.25) is 0 Å². The molecular formula is C10H10NO2. The fourth-order valence-electron chi connectivity index (χ4n) is 1.40. The number of nitrogens with one attached hydrogen (secondary N) is 1. The molecule has 1 amide bonds. The van der Waals surface area contributed by atoms with Gasteiger partial charge in [0, 0.05) is 18.2 Å². The van der Waals surface area contributed by atoms with E-state index in [-0.39, 0.29) is 5.91 Å². The summed E-state index contributed by atoms with van der Waals surface area (Å²) in [5.41, 5.74) is 1.89. The van der Waals surface area contributed by atoms with Crippen LogP contribution in [-0.2, 0) is 11.2 Å². The number of methoxy groups -OCH3 is 1. The highest BCUT2D eigenvalue weighted by Crippen LogP contribution is 2.25. The highest BCUT2D eigenvalue weighted by molar-refractivity contribution is 5.93. The smallest absolute Gasteiger partial charge is 0.224 e. The maximum atomic E-state index is 11.0. The first-order valence-corrected chi connectivity index (χ1v) is 4.18. The number of hydrogen-bond donors (Lipinski definition) is 1. The third kappa shape index (κ3) is 1.49. The van der Waals surface area contributed by atoms with Crippen LogP contribution in [0, 0.1) is 6.07 Å². The van der Waals surface area contributed by atoms with E-state index >= 15 is 0 Å². The van der Waals surface area contributed by atoms with Gasteiger partial charge in [0.2, 0.25) is 5.91 Å². The lowest BCUT2D eigenvalue weighted by atomic mass is 10.0. The summed E-state index contributed by atoms with van der Waals surface area (Å²) in [5.74, 6) is 0.793. The van der Waals surface area contributed by atoms with Gasteiger partial charge >= 0.3 is 0 Å². The Hall–Kier alpha value is -1.51. The van der Waals surface area contributed by atoms with Crippen LogP contribution in [0.3, 0.4) is 0 Å². The van der Waals surface area contributed by atoms with Gasteiger partial charge in [-0.1, -0.05) is 0 Å². The van der Waals surface area contributed by atoms with E-state index in [9.17, 15) is 4.79 Å². The zero-order valence-corrected chi connectivity index (χ0v) is 7.39. The van der Waals surface area contributed by atoms with Crippen LogP contribution in [0.15, 0.2) is 12.1 Å². The Morgan fingerprint density at radius 1 is 1.46 bits per heavy atom. The number of aryl methyl sites for hydroxylation is 1. The molecule has 1 heterocycles. The van der Waals surface area contributed by atoms with Crippen molar-refractivity contribution in [1.29, 1.82) is 0 Å². The van der Waals surface area contributed by atoms with Gasteiger partial charge in [0.15, 0.2) is 0 Å². The molecule has 2 rings (SSSR count). The molecule has 3 heteroatoms. The van der Waals surface area contributed by atoms with Gasteiger partial charge in [-0.15, -0.1) is 0 Å². The molecule has 0 atom stereocenters. The van der Waals surface area contributed by atoms with Crippen molar-refractivity contribution in [1.82, 2.24) is 0 Å². The predicted molar refractivity (Wildman–Crippen MR) is 48.8 cm³/mol. The molecule has 0 saturated carbocycles. The second kappa shape index (κ2) is 3.09. The summed E-state index contributed by atoms with van der Waals surface area (Å²) in [6.07, 6.45) is 1.29. The Labute approximate surface area is 76.7 Å². The van der Waals surface area contributed by atoms with Crippen LogP contribution >= 0.6 is 0 Å². The van der Waals surface area contributed by atoms with Crippen LogP contribution < -0.4 is 10.1 Å². The number of rotatable bonds is 1. The summed E-state index contributed by atoms with van der Waals surface area (Å²) < 4.78 is 5.04. The highest BCUT2D eigenvalue weighted by atomic mass is 16.5. The van der Waals surface area contributed by atoms with Gasteiger partial charge in [0.25, 0.3) is 0 Å². The van der Waals surface area contributed by atoms with E-state index in [1.165, 1.54) is 0 Å². The number of ether oxygens (including phenoxy) is 1. The summed E-state index contributed by atoms with van der Waals surface area (Å²) in [6.45, 7) is 0. The molecule has 0 saturated heterocycles. The molecule has 13 heavy (non-hydrogen) atoms. The Morgan fingerprint density at radius 2 is 2.31 bits per heavy atom. The summed E-state index contributed by atoms with van der Waals surface area (Å²) in [6, 6.07) is 6.74. The van der Waals surface area contributed by atoms with Crippen LogP contribution in [-0.4, -0.2) is 13.0 Å². The molecular weight excluding hydrogens is 166 g/mol. The van der Waals surface area contributed by atoms with Crippen molar-refractivity contribution in [2.45, 2.75) is 12.8 Å². The molecule has 0 aliphatic carbocycles. The molecule has 1 aliphatic rings. The largest absolute Gasteiger partial charge is 0.496 e. The maximum Gasteiger partial charge on any atom is 0.224 e. The Balaban J connectivity index is 2.36. The summed E-state index contributed by atoms with van der Waals surface area (Å²) in [7, 11) is 1.61. The number of amides is 1. The lowest BCUT2D eigenvalue weighted by Gasteiger charge is -2.16. The molecule has 1 N–H and O–H groups in total. The van der Waals surface area contributed by atoms with Crippen molar-refractivity contribution < 1.29 is 9.53 Å². The van der Waals surface area contributed by atoms with Gasteiger partial charge in [0.1, 0.15) is 5.75 Å². The van der Waals surface area contributed by atoms with E-state index in [1.54, 1.807) is 13.2 Å². The number of anilines is 1. The third-order valence-corrected chi connectivity index (χ3v) is 2.10. The molecule has 1 radical (unpaired) electrons. The zero-order chi connectivity index (χ0) is 9.26. The molecule has 0 spiro atoms. The number of carbonyl (C=O) groups excluding carboxylic acids is 1. The fraction of sp³-hybridized carbons (Fsp3) is 0.300. The van der Waals surface area contributed by atoms with Crippen molar-refractivity contribution in [3.05, 3.63) is 23.8 Å². The molecule has 3 nitrogen and oxygen atoms in total. The number of carbonyl (C=O) groups is 1. The first-order chi connectivity index (χ1) is 6.29. The average molecular weight is 176 g/mol. The first kappa shape index (κ1) is 8.10. The van der Waals surface area contributed by atoms with Crippen LogP contribution in [0.4, 0.5) is 5.69 Å². The van der Waals surface area contributed by atoms with E-state index in [1.807, 2.05) is 6.07 Å². The normalized spacial score (nSPS) is 14.7. The standard InChI is InChI=1S/C10H10NO2/c1-13-8-3-4-9-7(6-8)2-5-10(12)11-9/h3-4H,2,5H2,1H3,(H,11,12). The van der Waals surface area contributed by atoms with Crippen LogP contribution in [0.25, 0.3) is 0 Å². The van der Waals surface area contributed by atoms with E-state index in [0.717, 1.165) is 23.4 Å².